The van der Waals surface area contributed by atoms with E-state index in [0.29, 0.717) is 4.91 Å². The van der Waals surface area contributed by atoms with Crippen molar-refractivity contribution in [1.29, 1.82) is 0 Å². The van der Waals surface area contributed by atoms with Gasteiger partial charge in [0.2, 0.25) is 0 Å². The van der Waals surface area contributed by atoms with Gasteiger partial charge in [0.05, 0.1) is 11.1 Å². The van der Waals surface area contributed by atoms with Crippen molar-refractivity contribution in [2.45, 2.75) is 11.6 Å². The van der Waals surface area contributed by atoms with Crippen LogP contribution in [0.15, 0.2) is 47.4 Å². The minimum atomic E-state index is -4.16. The van der Waals surface area contributed by atoms with E-state index in [2.05, 4.69) is 19.2 Å². The summed E-state index contributed by atoms with van der Waals surface area (Å²) >= 11 is 5.63. The summed E-state index contributed by atoms with van der Waals surface area (Å²) in [6.07, 6.45) is -0.378. The normalized spacial score (nSPS) is 20.8. The van der Waals surface area contributed by atoms with Crippen LogP contribution in [0.2, 0.25) is 0 Å². The molecule has 0 bridgehead atoms. The summed E-state index contributed by atoms with van der Waals surface area (Å²) in [7, 11) is -4.16. The Kier molecular flexibility index (Phi) is 5.81. The number of benzene rings is 1. The minimum Gasteiger partial charge on any atom is -0.324 e. The van der Waals surface area contributed by atoms with Crippen LogP contribution in [0.5, 0.6) is 0 Å². The number of carbonyl (C=O) groups excluding carboxylic acids is 1. The first-order chi connectivity index (χ1) is 10.7. The fourth-order valence-corrected chi connectivity index (χ4v) is 4.42. The number of hydrogen-bond donors (Lipinski definition) is 3. The zero-order valence-electron chi connectivity index (χ0n) is 12.5. The van der Waals surface area contributed by atoms with Crippen molar-refractivity contribution in [2.24, 2.45) is 0 Å². The summed E-state index contributed by atoms with van der Waals surface area (Å²) in [5, 5.41) is 0. The van der Waals surface area contributed by atoms with Crippen LogP contribution < -0.4 is 0 Å². The third-order valence-electron chi connectivity index (χ3n) is 3.29. The Labute approximate surface area is 145 Å². The van der Waals surface area contributed by atoms with Gasteiger partial charge in [-0.2, -0.15) is 0 Å². The maximum Gasteiger partial charge on any atom is 0.327 e. The van der Waals surface area contributed by atoms with E-state index in [4.69, 9.17) is 9.79 Å². The molecule has 1 amide bonds. The Balaban J connectivity index is 2.36. The molecule has 0 radical (unpaired) electrons. The maximum atomic E-state index is 12.7. The number of allylic oxidation sites excluding steroid dienone is 2. The molecule has 23 heavy (non-hydrogen) atoms. The molecule has 8 heteroatoms. The van der Waals surface area contributed by atoms with Crippen molar-refractivity contribution in [3.05, 3.63) is 53.0 Å². The van der Waals surface area contributed by atoms with Gasteiger partial charge in [0.25, 0.3) is 5.91 Å². The average molecular weight is 371 g/mol. The van der Waals surface area contributed by atoms with Crippen LogP contribution in [0.1, 0.15) is 12.5 Å². The zero-order chi connectivity index (χ0) is 17.2. The number of rotatable bonds is 5. The molecular weight excluding hydrogens is 353 g/mol. The van der Waals surface area contributed by atoms with Crippen LogP contribution in [0.25, 0.3) is 5.57 Å². The van der Waals surface area contributed by atoms with Crippen molar-refractivity contribution in [3.63, 3.8) is 0 Å². The standard InChI is InChI=1S/C15H18NO4PS2/c1-10(2)12(11-6-4-3-5-7-11)13-14(17)16(15(22)23-13)8-9-21(18,19)20/h3-7,15,22H,1,8-9H2,2H3,(H2,18,19,20)/b13-12-. The number of thiol groups is 1. The highest BCUT2D eigenvalue weighted by atomic mass is 32.2. The summed E-state index contributed by atoms with van der Waals surface area (Å²) < 4.78 is 10.6. The van der Waals surface area contributed by atoms with Crippen LogP contribution in [-0.2, 0) is 9.36 Å². The van der Waals surface area contributed by atoms with Gasteiger partial charge in [-0.25, -0.2) is 0 Å². The predicted molar refractivity (Wildman–Crippen MR) is 97.2 cm³/mol. The van der Waals surface area contributed by atoms with Crippen LogP contribution in [-0.4, -0.2) is 38.0 Å². The summed E-state index contributed by atoms with van der Waals surface area (Å²) in [4.78, 5) is 32.5. The number of carbonyl (C=O) groups is 1. The Hall–Kier alpha value is -0.980. The van der Waals surface area contributed by atoms with E-state index < -0.39 is 12.3 Å². The van der Waals surface area contributed by atoms with Gasteiger partial charge < -0.3 is 14.7 Å². The van der Waals surface area contributed by atoms with E-state index in [9.17, 15) is 9.36 Å². The minimum absolute atomic E-state index is 0.0357. The largest absolute Gasteiger partial charge is 0.327 e. The summed E-state index contributed by atoms with van der Waals surface area (Å²) in [6, 6.07) is 9.45. The summed E-state index contributed by atoms with van der Waals surface area (Å²) in [5.41, 5.74) is 2.39. The second-order valence-electron chi connectivity index (χ2n) is 5.18. The van der Waals surface area contributed by atoms with Crippen LogP contribution in [0.3, 0.4) is 0 Å². The molecule has 0 spiro atoms. The van der Waals surface area contributed by atoms with E-state index in [1.165, 1.54) is 16.7 Å². The zero-order valence-corrected chi connectivity index (χ0v) is 15.2. The second kappa shape index (κ2) is 7.28. The van der Waals surface area contributed by atoms with Crippen molar-refractivity contribution in [3.8, 4) is 0 Å². The van der Waals surface area contributed by atoms with Gasteiger partial charge in [0.15, 0.2) is 0 Å². The fraction of sp³-hybridized carbons (Fsp3) is 0.267. The Morgan fingerprint density at radius 3 is 2.52 bits per heavy atom. The molecule has 1 aliphatic heterocycles. The molecule has 2 rings (SSSR count). The number of hydrogen-bond acceptors (Lipinski definition) is 4. The maximum absolute atomic E-state index is 12.7. The number of thioether (sulfide) groups is 1. The molecule has 1 unspecified atom stereocenters. The smallest absolute Gasteiger partial charge is 0.324 e. The molecular formula is C15H18NO4PS2. The van der Waals surface area contributed by atoms with E-state index >= 15 is 0 Å². The lowest BCUT2D eigenvalue weighted by atomic mass is 9.99. The van der Waals surface area contributed by atoms with Crippen LogP contribution >= 0.6 is 32.0 Å². The molecule has 1 heterocycles. The van der Waals surface area contributed by atoms with Gasteiger partial charge in [-0.1, -0.05) is 48.7 Å². The monoisotopic (exact) mass is 371 g/mol. The van der Waals surface area contributed by atoms with E-state index in [1.54, 1.807) is 0 Å². The predicted octanol–water partition coefficient (Wildman–Crippen LogP) is 2.94. The first-order valence-corrected chi connectivity index (χ1v) is 10.1. The third-order valence-corrected chi connectivity index (χ3v) is 5.75. The van der Waals surface area contributed by atoms with Gasteiger partial charge in [-0.3, -0.25) is 9.36 Å². The highest BCUT2D eigenvalue weighted by molar-refractivity contribution is 8.14. The molecule has 1 fully saturated rings. The lowest BCUT2D eigenvalue weighted by Gasteiger charge is -2.19. The van der Waals surface area contributed by atoms with Gasteiger partial charge in [0.1, 0.15) is 4.71 Å². The Morgan fingerprint density at radius 2 is 2.00 bits per heavy atom. The molecule has 1 atom stereocenters. The van der Waals surface area contributed by atoms with E-state index in [0.717, 1.165) is 16.7 Å². The van der Waals surface area contributed by atoms with Gasteiger partial charge in [0, 0.05) is 12.1 Å². The summed E-state index contributed by atoms with van der Waals surface area (Å²) in [5.74, 6) is -0.273. The van der Waals surface area contributed by atoms with Gasteiger partial charge >= 0.3 is 7.60 Å². The van der Waals surface area contributed by atoms with Crippen molar-refractivity contribution >= 4 is 43.5 Å². The lowest BCUT2D eigenvalue weighted by Crippen LogP contribution is -2.32. The SMILES string of the molecule is C=C(C)/C(=C1/SC(S)N(CCP(=O)(O)O)C1=O)c1ccccc1. The second-order valence-corrected chi connectivity index (χ2v) is 8.89. The van der Waals surface area contributed by atoms with E-state index in [-0.39, 0.29) is 18.6 Å². The quantitative estimate of drug-likeness (QED) is 0.421. The highest BCUT2D eigenvalue weighted by Crippen LogP contribution is 2.44. The molecule has 1 saturated heterocycles. The van der Waals surface area contributed by atoms with Gasteiger partial charge in [-0.05, 0) is 18.1 Å². The van der Waals surface area contributed by atoms with Crippen molar-refractivity contribution < 1.29 is 19.1 Å². The molecule has 2 N–H and O–H groups in total. The van der Waals surface area contributed by atoms with Crippen LogP contribution in [0.4, 0.5) is 0 Å². The summed E-state index contributed by atoms with van der Waals surface area (Å²) in [6.45, 7) is 5.75. The van der Waals surface area contributed by atoms with Crippen LogP contribution in [0, 0.1) is 0 Å². The molecule has 1 aromatic carbocycles. The lowest BCUT2D eigenvalue weighted by molar-refractivity contribution is -0.124. The molecule has 124 valence electrons. The molecule has 0 saturated carbocycles. The molecule has 0 aliphatic carbocycles. The number of amides is 1. The highest BCUT2D eigenvalue weighted by Gasteiger charge is 2.37. The topological polar surface area (TPSA) is 77.8 Å². The Morgan fingerprint density at radius 1 is 1.39 bits per heavy atom. The Bertz CT molecular complexity index is 699. The molecule has 1 aromatic rings. The molecule has 0 aromatic heterocycles. The first kappa shape index (κ1) is 18.4. The first-order valence-electron chi connectivity index (χ1n) is 6.86. The molecule has 1 aliphatic rings. The number of nitrogens with zero attached hydrogens (tertiary/aromatic N) is 1. The van der Waals surface area contributed by atoms with Crippen molar-refractivity contribution in [2.75, 3.05) is 12.7 Å². The van der Waals surface area contributed by atoms with Gasteiger partial charge in [-0.15, -0.1) is 12.6 Å². The third kappa shape index (κ3) is 4.52. The molecule has 5 nitrogen and oxygen atoms in total. The van der Waals surface area contributed by atoms with Crippen molar-refractivity contribution in [1.82, 2.24) is 4.90 Å². The average Bonchev–Trinajstić information content (AvgIpc) is 2.72. The fourth-order valence-electron chi connectivity index (χ4n) is 2.24. The van der Waals surface area contributed by atoms with E-state index in [1.807, 2.05) is 37.3 Å².